The van der Waals surface area contributed by atoms with Crippen LogP contribution in [-0.4, -0.2) is 167 Å². The lowest BCUT2D eigenvalue weighted by Gasteiger charge is -2.25. The van der Waals surface area contributed by atoms with E-state index in [0.717, 1.165) is 68.4 Å². The molecule has 0 spiro atoms. The molecule has 10 rings (SSSR count). The number of alkyl halides is 9. The first-order valence-electron chi connectivity index (χ1n) is 38.4. The van der Waals surface area contributed by atoms with Gasteiger partial charge in [0, 0.05) is 74.7 Å². The molecule has 6 heterocycles. The van der Waals surface area contributed by atoms with Gasteiger partial charge < -0.3 is 58.2 Å². The van der Waals surface area contributed by atoms with Crippen molar-refractivity contribution < 1.29 is 185 Å². The van der Waals surface area contributed by atoms with Crippen LogP contribution in [0.5, 0.6) is 69.5 Å². The van der Waals surface area contributed by atoms with Crippen molar-refractivity contribution >= 4 is 139 Å². The molecule has 39 nitrogen and oxygen atoms in total. The van der Waals surface area contributed by atoms with Crippen molar-refractivity contribution in [1.29, 1.82) is 0 Å². The van der Waals surface area contributed by atoms with Gasteiger partial charge in [0.25, 0.3) is 29.1 Å². The van der Waals surface area contributed by atoms with Gasteiger partial charge >= 0.3 is 60.8 Å². The molecule has 0 bridgehead atoms. The second kappa shape index (κ2) is 67.7. The molecule has 0 unspecified atom stereocenters. The SMILES string of the molecule is C.C.C.C.C.CCCOc1ncccc1Oc1cc(-n2c(=O)cc(C(F)(F)F)n(C)c2=O)c(F)cc1Cl.CCCOc1ncccc1Oc1cc(N)c(F)cc1Cl.CCCOc1ncccc1Oc1cc(N2C(=O)CC(C(F)(F)F)=NC2=O)c(F)cc1Cl.CCCOc1ncccc1Oc1cc(NC(=O)CC(=O)C(F)(F)F)c(F)cc1Cl.CCOC(=O)CC(C)=O.CS(C)(=O)(O)OO.O=C=O.O=C=O.O=C=O.O=C=O. The molecule has 4 amide bonds. The van der Waals surface area contributed by atoms with E-state index in [1.54, 1.807) is 37.4 Å². The van der Waals surface area contributed by atoms with Crippen molar-refractivity contribution in [3.63, 3.8) is 0 Å². The number of urea groups is 1. The highest BCUT2D eigenvalue weighted by molar-refractivity contribution is 8.09. The summed E-state index contributed by atoms with van der Waals surface area (Å²) >= 11 is 23.9. The number of nitrogens with one attached hydrogen (secondary N) is 1. The van der Waals surface area contributed by atoms with Crippen molar-refractivity contribution in [2.75, 3.05) is 61.5 Å². The summed E-state index contributed by atoms with van der Waals surface area (Å²) < 4.78 is 242. The fraction of sp³-hybridized carbons (Fsp3) is 0.330. The fourth-order valence-electron chi connectivity index (χ4n) is 9.29. The number of carbonyl (C=O) groups excluding carboxylic acids is 14. The van der Waals surface area contributed by atoms with E-state index in [0.29, 0.717) is 63.9 Å². The predicted molar refractivity (Wildman–Crippen MR) is 494 cm³/mol. The molecule has 0 saturated heterocycles. The molecule has 0 saturated carbocycles. The smallest absolute Gasteiger partial charge is 0.450 e. The Labute approximate surface area is 837 Å². The van der Waals surface area contributed by atoms with Crippen LogP contribution in [0.4, 0.5) is 78.9 Å². The molecule has 4 aromatic carbocycles. The Kier molecular flexibility index (Phi) is 64.7. The number of aromatic nitrogens is 6. The molecule has 0 atom stereocenters. The van der Waals surface area contributed by atoms with Crippen LogP contribution in [0.25, 0.3) is 5.69 Å². The number of ketones is 2. The number of nitrogens with zero attached hydrogens (tertiary/aromatic N) is 8. The number of halogens is 17. The van der Waals surface area contributed by atoms with E-state index in [4.69, 9.17) is 138 Å². The number of nitrogens with two attached hydrogens (primary N) is 1. The zero-order valence-corrected chi connectivity index (χ0v) is 77.4. The van der Waals surface area contributed by atoms with Crippen molar-refractivity contribution in [2.24, 2.45) is 12.0 Å². The second-order valence-corrected chi connectivity index (χ2v) is 31.3. The average Bonchev–Trinajstić information content (AvgIpc) is 0.762. The highest BCUT2D eigenvalue weighted by Crippen LogP contribution is 2.43. The first-order valence-corrected chi connectivity index (χ1v) is 42.6. The number of anilines is 3. The predicted octanol–water partition coefficient (Wildman–Crippen LogP) is 19.9. The Bertz CT molecular complexity index is 6080. The molecule has 798 valence electrons. The standard InChI is InChI=1S/C20H16ClF4N3O4.C19H14ClF4N3O4.C18H15ClF4N2O4.C14H14ClFN2O2.C6H10O3.C2H8O4S.4CO2.5CH4/c1-3-7-31-18-14(5-4-6-26-18)32-15-9-13(12(22)8-11(15)21)28-17(29)10-16(20(23,24)25)27(2)19(28)30;1-2-6-30-17-13(4-3-5-25-17)31-14-8-12(11(21)7-10(14)20)27-16(28)9-15(19(22,23)24)26-18(27)29;1-2-6-28-17-13(4-3-5-24-17)29-14-8-12(11(20)7-10(14)19)25-16(27)9-15(26)18(21,22)23;1-2-6-19-14-12(4-3-5-18-14)20-13-8-11(17)10(16)7-9(13)15;1-3-9-6(8)4-5(2)7;1-7(2,4,5)6-3;4*2-1-3;;;;;/h4-6,8-10H,3,7H2,1-2H3;3-5,7-8H,2,6,9H2,1H3;3-5,7-8H,2,6,9H2,1H3,(H,25,27);3-5,7-8H,2,6,17H2,1H3;3-4H2,1-2H3;3H,1-2H3,(H,4,5);;;;;5*1H4. The second-order valence-electron chi connectivity index (χ2n) is 26.2. The third-order valence-electron chi connectivity index (χ3n) is 14.9. The largest absolute Gasteiger partial charge is 0.475 e. The van der Waals surface area contributed by atoms with Crippen molar-refractivity contribution in [1.82, 2.24) is 29.1 Å². The first-order chi connectivity index (χ1) is 65.5. The van der Waals surface area contributed by atoms with Gasteiger partial charge in [-0.05, 0) is 112 Å². The van der Waals surface area contributed by atoms with Gasteiger partial charge in [-0.25, -0.2) is 66.0 Å². The zero-order chi connectivity index (χ0) is 107. The van der Waals surface area contributed by atoms with Crippen LogP contribution in [-0.2, 0) is 94.3 Å². The van der Waals surface area contributed by atoms with E-state index in [1.165, 1.54) is 55.8 Å². The average molecular weight is 2180 g/mol. The molecular formula is C88H97Cl4F13N10O29S. The van der Waals surface area contributed by atoms with Crippen molar-refractivity contribution in [2.45, 2.75) is 142 Å². The zero-order valence-electron chi connectivity index (χ0n) is 73.5. The summed E-state index contributed by atoms with van der Waals surface area (Å²) in [5, 5.41) is 9.07. The number of carbonyl (C=O) groups is 6. The van der Waals surface area contributed by atoms with Gasteiger partial charge in [0.2, 0.25) is 17.6 Å². The van der Waals surface area contributed by atoms with Crippen LogP contribution in [0, 0.1) is 23.3 Å². The number of hydrogen-bond acceptors (Lipinski definition) is 33. The number of benzene rings is 4. The fourth-order valence-corrected chi connectivity index (χ4v) is 10.0. The summed E-state index contributed by atoms with van der Waals surface area (Å²) in [6.45, 7) is 12.6. The number of rotatable bonds is 29. The van der Waals surface area contributed by atoms with Crippen LogP contribution < -0.4 is 65.1 Å². The van der Waals surface area contributed by atoms with E-state index in [2.05, 4.69) is 34.0 Å². The molecule has 5 aromatic heterocycles. The van der Waals surface area contributed by atoms with Gasteiger partial charge in [-0.3, -0.25) is 33.3 Å². The summed E-state index contributed by atoms with van der Waals surface area (Å²) in [6, 6.07) is 18.8. The minimum absolute atomic E-state index is 0. The Balaban J connectivity index is -0.000000549. The molecule has 0 radical (unpaired) electrons. The Morgan fingerprint density at radius 2 is 0.834 bits per heavy atom. The molecular weight excluding hydrogens is 2080 g/mol. The first kappa shape index (κ1) is 139. The number of aliphatic imine (C=N–C) groups is 1. The molecule has 145 heavy (non-hydrogen) atoms. The van der Waals surface area contributed by atoms with E-state index >= 15 is 0 Å². The highest BCUT2D eigenvalue weighted by Gasteiger charge is 2.44. The molecule has 57 heteroatoms. The normalized spacial score (nSPS) is 10.9. The van der Waals surface area contributed by atoms with Crippen molar-refractivity contribution in [3.8, 4) is 75.2 Å². The van der Waals surface area contributed by atoms with E-state index in [9.17, 15) is 99.6 Å². The summed E-state index contributed by atoms with van der Waals surface area (Å²) in [6.07, 6.45) is -6.17. The van der Waals surface area contributed by atoms with E-state index in [1.807, 2.05) is 33.0 Å². The Hall–Kier alpha value is -14.8. The summed E-state index contributed by atoms with van der Waals surface area (Å²) in [5.41, 5.74) is -2.14. The molecule has 1 aliphatic heterocycles. The molecule has 1 aliphatic rings. The van der Waals surface area contributed by atoms with E-state index in [-0.39, 0.29) is 178 Å². The molecule has 5 N–H and O–H groups in total. The molecule has 9 aromatic rings. The number of pyridine rings is 4. The van der Waals surface area contributed by atoms with Crippen LogP contribution in [0.15, 0.2) is 142 Å². The summed E-state index contributed by atoms with van der Waals surface area (Å²) in [7, 11) is -3.24. The summed E-state index contributed by atoms with van der Waals surface area (Å²) in [5.74, 6) is -8.03. The van der Waals surface area contributed by atoms with Crippen LogP contribution >= 0.6 is 46.4 Å². The Morgan fingerprint density at radius 3 is 1.15 bits per heavy atom. The minimum Gasteiger partial charge on any atom is -0.475 e. The Morgan fingerprint density at radius 1 is 0.503 bits per heavy atom. The lowest BCUT2D eigenvalue weighted by atomic mass is 10.1. The van der Waals surface area contributed by atoms with Crippen LogP contribution in [0.2, 0.25) is 20.1 Å². The lowest BCUT2D eigenvalue weighted by Crippen LogP contribution is -2.44. The maximum Gasteiger partial charge on any atom is 0.450 e. The number of ether oxygens (including phenoxy) is 9. The third-order valence-corrected chi connectivity index (χ3v) is 16.5. The van der Waals surface area contributed by atoms with E-state index < -0.39 is 134 Å². The highest BCUT2D eigenvalue weighted by atomic mass is 35.5. The topological polar surface area (TPSA) is 538 Å². The number of esters is 1. The van der Waals surface area contributed by atoms with Gasteiger partial charge in [0.1, 0.15) is 79.5 Å². The molecule has 0 fully saturated rings. The number of imide groups is 1. The molecule has 0 aliphatic carbocycles. The van der Waals surface area contributed by atoms with Gasteiger partial charge in [-0.2, -0.15) is 82.9 Å². The van der Waals surface area contributed by atoms with Gasteiger partial charge in [-0.1, -0.05) is 111 Å². The number of nitrogen functional groups attached to an aromatic ring is 1. The summed E-state index contributed by atoms with van der Waals surface area (Å²) in [4.78, 5) is 176. The third kappa shape index (κ3) is 49.2. The van der Waals surface area contributed by atoms with Crippen molar-refractivity contribution in [3.05, 3.63) is 198 Å². The maximum atomic E-state index is 14.6. The van der Waals surface area contributed by atoms with Crippen LogP contribution in [0.3, 0.4) is 0 Å². The lowest BCUT2D eigenvalue weighted by molar-refractivity contribution is -0.193. The van der Waals surface area contributed by atoms with Crippen LogP contribution in [0.1, 0.15) is 129 Å². The van der Waals surface area contributed by atoms with Gasteiger partial charge in [0.05, 0.1) is 88.7 Å². The number of Topliss-reactive ketones (excluding diaryl/α,β-unsaturated/α-hetero) is 2. The number of amides is 4. The van der Waals surface area contributed by atoms with Gasteiger partial charge in [0.15, 0.2) is 23.0 Å². The quantitative estimate of drug-likeness (QED) is 0.00844. The minimum atomic E-state index is -5.17. The maximum absolute atomic E-state index is 14.6. The van der Waals surface area contributed by atoms with Gasteiger partial charge in [-0.15, -0.1) is 4.33 Å². The monoisotopic (exact) mass is 2180 g/mol. The number of hydrogen-bond donors (Lipinski definition) is 4.